The van der Waals surface area contributed by atoms with Crippen LogP contribution in [-0.4, -0.2) is 29.0 Å². The molecule has 0 aliphatic carbocycles. The fraction of sp³-hybridized carbons (Fsp3) is 0.500. The van der Waals surface area contributed by atoms with E-state index >= 15 is 0 Å². The molecule has 1 aliphatic rings. The zero-order valence-electron chi connectivity index (χ0n) is 9.62. The molecule has 0 bridgehead atoms. The fourth-order valence-electron chi connectivity index (χ4n) is 1.90. The number of hydrogen-bond donors (Lipinski definition) is 1. The van der Waals surface area contributed by atoms with Crippen molar-refractivity contribution in [2.75, 3.05) is 18.0 Å². The standard InChI is InChI=1S/C10H10ClF3N4O/c11-6-3-7(17-9(16-6)10(12,13)14)18-2-1-5(4-18)8(15)19/h3,5H,1-2,4H2,(H2,15,19). The summed E-state index contributed by atoms with van der Waals surface area (Å²) in [6, 6.07) is 1.24. The van der Waals surface area contributed by atoms with Crippen LogP contribution >= 0.6 is 11.6 Å². The van der Waals surface area contributed by atoms with Gasteiger partial charge in [-0.15, -0.1) is 0 Å². The van der Waals surface area contributed by atoms with E-state index in [9.17, 15) is 18.0 Å². The van der Waals surface area contributed by atoms with Crippen LogP contribution in [0.4, 0.5) is 19.0 Å². The van der Waals surface area contributed by atoms with Crippen molar-refractivity contribution in [3.8, 4) is 0 Å². The van der Waals surface area contributed by atoms with Gasteiger partial charge in [0.05, 0.1) is 5.92 Å². The summed E-state index contributed by atoms with van der Waals surface area (Å²) in [4.78, 5) is 19.1. The molecule has 2 rings (SSSR count). The molecule has 0 spiro atoms. The Balaban J connectivity index is 2.26. The molecule has 104 valence electrons. The molecule has 0 saturated carbocycles. The van der Waals surface area contributed by atoms with Gasteiger partial charge in [0.15, 0.2) is 0 Å². The molecule has 9 heteroatoms. The van der Waals surface area contributed by atoms with Gasteiger partial charge in [0.1, 0.15) is 11.0 Å². The second-order valence-electron chi connectivity index (χ2n) is 4.20. The van der Waals surface area contributed by atoms with E-state index < -0.39 is 17.9 Å². The van der Waals surface area contributed by atoms with Gasteiger partial charge in [-0.2, -0.15) is 13.2 Å². The number of nitrogens with zero attached hydrogens (tertiary/aromatic N) is 3. The van der Waals surface area contributed by atoms with E-state index in [1.54, 1.807) is 0 Å². The van der Waals surface area contributed by atoms with E-state index in [2.05, 4.69) is 9.97 Å². The lowest BCUT2D eigenvalue weighted by atomic mass is 10.1. The van der Waals surface area contributed by atoms with Crippen LogP contribution in [0.1, 0.15) is 12.2 Å². The first kappa shape index (κ1) is 13.9. The van der Waals surface area contributed by atoms with Gasteiger partial charge in [0, 0.05) is 19.2 Å². The number of hydrogen-bond acceptors (Lipinski definition) is 4. The molecule has 1 fully saturated rings. The Morgan fingerprint density at radius 2 is 2.16 bits per heavy atom. The van der Waals surface area contributed by atoms with Crippen LogP contribution < -0.4 is 10.6 Å². The van der Waals surface area contributed by atoms with E-state index in [1.807, 2.05) is 0 Å². The largest absolute Gasteiger partial charge is 0.451 e. The maximum absolute atomic E-state index is 12.6. The summed E-state index contributed by atoms with van der Waals surface area (Å²) in [6.07, 6.45) is -4.18. The molecule has 1 aliphatic heterocycles. The number of halogens is 4. The molecular formula is C10H10ClF3N4O. The van der Waals surface area contributed by atoms with Crippen molar-refractivity contribution in [1.29, 1.82) is 0 Å². The first-order valence-electron chi connectivity index (χ1n) is 5.43. The van der Waals surface area contributed by atoms with Crippen LogP contribution in [-0.2, 0) is 11.0 Å². The minimum Gasteiger partial charge on any atom is -0.369 e. The number of nitrogens with two attached hydrogens (primary N) is 1. The number of alkyl halides is 3. The summed E-state index contributed by atoms with van der Waals surface area (Å²) in [5.74, 6) is -2.10. The quantitative estimate of drug-likeness (QED) is 0.838. The molecule has 1 unspecified atom stereocenters. The molecule has 1 atom stereocenters. The minimum atomic E-state index is -4.66. The highest BCUT2D eigenvalue weighted by Crippen LogP contribution is 2.30. The molecule has 5 nitrogen and oxygen atoms in total. The van der Waals surface area contributed by atoms with Gasteiger partial charge < -0.3 is 10.6 Å². The summed E-state index contributed by atoms with van der Waals surface area (Å²) < 4.78 is 37.7. The summed E-state index contributed by atoms with van der Waals surface area (Å²) in [5.41, 5.74) is 5.16. The topological polar surface area (TPSA) is 72.1 Å². The van der Waals surface area contributed by atoms with Crippen molar-refractivity contribution < 1.29 is 18.0 Å². The van der Waals surface area contributed by atoms with E-state index in [0.29, 0.717) is 13.0 Å². The zero-order valence-corrected chi connectivity index (χ0v) is 10.4. The molecule has 1 amide bonds. The number of carbonyl (C=O) groups is 1. The molecule has 1 saturated heterocycles. The molecular weight excluding hydrogens is 285 g/mol. The Morgan fingerprint density at radius 1 is 1.47 bits per heavy atom. The second-order valence-corrected chi connectivity index (χ2v) is 4.59. The van der Waals surface area contributed by atoms with Crippen LogP contribution in [0.15, 0.2) is 6.07 Å². The van der Waals surface area contributed by atoms with Crippen molar-refractivity contribution in [2.45, 2.75) is 12.6 Å². The Morgan fingerprint density at radius 3 is 2.68 bits per heavy atom. The Labute approximate surface area is 111 Å². The van der Waals surface area contributed by atoms with Crippen LogP contribution in [0.25, 0.3) is 0 Å². The normalized spacial score (nSPS) is 19.8. The highest BCUT2D eigenvalue weighted by atomic mass is 35.5. The van der Waals surface area contributed by atoms with E-state index in [1.165, 1.54) is 11.0 Å². The van der Waals surface area contributed by atoms with Gasteiger partial charge in [0.25, 0.3) is 0 Å². The highest BCUT2D eigenvalue weighted by Gasteiger charge is 2.36. The summed E-state index contributed by atoms with van der Waals surface area (Å²) in [7, 11) is 0. The van der Waals surface area contributed by atoms with Gasteiger partial charge in [-0.25, -0.2) is 9.97 Å². The molecule has 0 aromatic carbocycles. The number of carbonyl (C=O) groups excluding carboxylic acids is 1. The van der Waals surface area contributed by atoms with Crippen molar-refractivity contribution in [3.63, 3.8) is 0 Å². The Hall–Kier alpha value is -1.57. The first-order chi connectivity index (χ1) is 8.77. The zero-order chi connectivity index (χ0) is 14.2. The predicted octanol–water partition coefficient (Wildman–Crippen LogP) is 1.46. The van der Waals surface area contributed by atoms with Crippen molar-refractivity contribution >= 4 is 23.3 Å². The third kappa shape index (κ3) is 3.06. The monoisotopic (exact) mass is 294 g/mol. The summed E-state index contributed by atoms with van der Waals surface area (Å²) in [6.45, 7) is 0.637. The average molecular weight is 295 g/mol. The third-order valence-electron chi connectivity index (χ3n) is 2.85. The maximum Gasteiger partial charge on any atom is 0.451 e. The summed E-state index contributed by atoms with van der Waals surface area (Å²) in [5, 5.41) is -0.292. The number of anilines is 1. The summed E-state index contributed by atoms with van der Waals surface area (Å²) >= 11 is 5.56. The minimum absolute atomic E-state index is 0.0519. The molecule has 1 aromatic heterocycles. The van der Waals surface area contributed by atoms with Crippen LogP contribution in [0.3, 0.4) is 0 Å². The molecule has 2 N–H and O–H groups in total. The number of aromatic nitrogens is 2. The van der Waals surface area contributed by atoms with Crippen molar-refractivity contribution in [3.05, 3.63) is 17.0 Å². The van der Waals surface area contributed by atoms with Gasteiger partial charge in [0.2, 0.25) is 11.7 Å². The first-order valence-corrected chi connectivity index (χ1v) is 5.81. The second kappa shape index (κ2) is 4.84. The van der Waals surface area contributed by atoms with Gasteiger partial charge >= 0.3 is 6.18 Å². The van der Waals surface area contributed by atoms with Gasteiger partial charge in [-0.05, 0) is 6.42 Å². The smallest absolute Gasteiger partial charge is 0.369 e. The SMILES string of the molecule is NC(=O)C1CCN(c2cc(Cl)nc(C(F)(F)F)n2)C1. The maximum atomic E-state index is 12.6. The number of primary amides is 1. The number of amides is 1. The van der Waals surface area contributed by atoms with Crippen LogP contribution in [0.5, 0.6) is 0 Å². The third-order valence-corrected chi connectivity index (χ3v) is 3.04. The molecule has 1 aromatic rings. The molecule has 0 radical (unpaired) electrons. The van der Waals surface area contributed by atoms with E-state index in [-0.39, 0.29) is 23.4 Å². The molecule has 2 heterocycles. The van der Waals surface area contributed by atoms with E-state index in [0.717, 1.165) is 0 Å². The van der Waals surface area contributed by atoms with Crippen LogP contribution in [0, 0.1) is 5.92 Å². The Kier molecular flexibility index (Phi) is 3.53. The van der Waals surface area contributed by atoms with Crippen molar-refractivity contribution in [1.82, 2.24) is 9.97 Å². The number of rotatable bonds is 2. The van der Waals surface area contributed by atoms with Crippen molar-refractivity contribution in [2.24, 2.45) is 11.7 Å². The predicted molar refractivity (Wildman–Crippen MR) is 61.6 cm³/mol. The lowest BCUT2D eigenvalue weighted by Crippen LogP contribution is -2.28. The van der Waals surface area contributed by atoms with Gasteiger partial charge in [-0.3, -0.25) is 4.79 Å². The average Bonchev–Trinajstić information content (AvgIpc) is 2.76. The lowest BCUT2D eigenvalue weighted by Gasteiger charge is -2.18. The molecule has 19 heavy (non-hydrogen) atoms. The lowest BCUT2D eigenvalue weighted by molar-refractivity contribution is -0.144. The fourth-order valence-corrected chi connectivity index (χ4v) is 2.07. The highest BCUT2D eigenvalue weighted by molar-refractivity contribution is 6.29. The Bertz CT molecular complexity index is 508. The van der Waals surface area contributed by atoms with Gasteiger partial charge in [-0.1, -0.05) is 11.6 Å². The van der Waals surface area contributed by atoms with Crippen LogP contribution in [0.2, 0.25) is 5.15 Å². The van der Waals surface area contributed by atoms with E-state index in [4.69, 9.17) is 17.3 Å².